The molecule has 24 heavy (non-hydrogen) atoms. The van der Waals surface area contributed by atoms with E-state index >= 15 is 0 Å². The molecule has 0 saturated heterocycles. The van der Waals surface area contributed by atoms with Gasteiger partial charge in [-0.2, -0.15) is 19.8 Å². The number of nitrogens with two attached hydrogens (primary N) is 1. The third-order valence-electron chi connectivity index (χ3n) is 3.32. The van der Waals surface area contributed by atoms with E-state index < -0.39 is 17.5 Å². The van der Waals surface area contributed by atoms with Gasteiger partial charge in [-0.1, -0.05) is 30.3 Å². The lowest BCUT2D eigenvalue weighted by molar-refractivity contribution is 0.0996. The largest absolute Gasteiger partial charge is 0.486 e. The minimum absolute atomic E-state index is 0.0424. The van der Waals surface area contributed by atoms with Crippen molar-refractivity contribution in [2.24, 2.45) is 5.73 Å². The van der Waals surface area contributed by atoms with E-state index in [1.165, 1.54) is 12.1 Å². The van der Waals surface area contributed by atoms with Gasteiger partial charge in [-0.25, -0.2) is 4.39 Å². The standard InChI is InChI=1S/C16H12F2N4O2/c17-11-2-1-3-12(13(11)18)24-8-9-4-6-10(7-5-9)14-15(16(19)23)21-22-20-14/h1-7H,8H2,(H2,19,23)(H,20,21,22). The van der Waals surface area contributed by atoms with Crippen molar-refractivity contribution in [3.8, 4) is 17.0 Å². The summed E-state index contributed by atoms with van der Waals surface area (Å²) in [4.78, 5) is 11.3. The highest BCUT2D eigenvalue weighted by atomic mass is 19.2. The second-order valence-corrected chi connectivity index (χ2v) is 4.92. The van der Waals surface area contributed by atoms with E-state index in [4.69, 9.17) is 10.5 Å². The van der Waals surface area contributed by atoms with Crippen LogP contribution in [-0.4, -0.2) is 21.3 Å². The van der Waals surface area contributed by atoms with Gasteiger partial charge in [-0.05, 0) is 17.7 Å². The molecule has 0 aliphatic carbocycles. The fourth-order valence-electron chi connectivity index (χ4n) is 2.12. The summed E-state index contributed by atoms with van der Waals surface area (Å²) in [6, 6.07) is 10.6. The van der Waals surface area contributed by atoms with Crippen LogP contribution in [0.1, 0.15) is 16.1 Å². The van der Waals surface area contributed by atoms with Crippen LogP contribution in [0, 0.1) is 11.6 Å². The predicted molar refractivity (Wildman–Crippen MR) is 81.0 cm³/mol. The number of halogens is 2. The average Bonchev–Trinajstić information content (AvgIpc) is 3.07. The molecule has 8 heteroatoms. The Balaban J connectivity index is 1.74. The van der Waals surface area contributed by atoms with Crippen molar-refractivity contribution in [3.05, 3.63) is 65.4 Å². The van der Waals surface area contributed by atoms with Gasteiger partial charge < -0.3 is 10.5 Å². The summed E-state index contributed by atoms with van der Waals surface area (Å²) in [5.74, 6) is -2.84. The average molecular weight is 330 g/mol. The van der Waals surface area contributed by atoms with Crippen molar-refractivity contribution in [2.45, 2.75) is 6.61 Å². The van der Waals surface area contributed by atoms with Crippen molar-refractivity contribution in [1.29, 1.82) is 0 Å². The third kappa shape index (κ3) is 3.07. The minimum Gasteiger partial charge on any atom is -0.486 e. The van der Waals surface area contributed by atoms with Crippen LogP contribution in [0.4, 0.5) is 8.78 Å². The summed E-state index contributed by atoms with van der Waals surface area (Å²) in [6.45, 7) is 0.0577. The summed E-state index contributed by atoms with van der Waals surface area (Å²) in [6.07, 6.45) is 0. The fourth-order valence-corrected chi connectivity index (χ4v) is 2.12. The highest BCUT2D eigenvalue weighted by Gasteiger charge is 2.15. The van der Waals surface area contributed by atoms with Crippen LogP contribution < -0.4 is 10.5 Å². The molecule has 0 saturated carbocycles. The smallest absolute Gasteiger partial charge is 0.271 e. The number of aromatic amines is 1. The fraction of sp³-hybridized carbons (Fsp3) is 0.0625. The Kier molecular flexibility index (Phi) is 4.19. The summed E-state index contributed by atoms with van der Waals surface area (Å²) < 4.78 is 31.9. The predicted octanol–water partition coefficient (Wildman–Crippen LogP) is 2.43. The van der Waals surface area contributed by atoms with Crippen LogP contribution in [0.2, 0.25) is 0 Å². The molecule has 0 fully saturated rings. The zero-order valence-electron chi connectivity index (χ0n) is 12.3. The number of nitrogens with zero attached hydrogens (tertiary/aromatic N) is 2. The van der Waals surface area contributed by atoms with Crippen molar-refractivity contribution < 1.29 is 18.3 Å². The lowest BCUT2D eigenvalue weighted by atomic mass is 10.1. The number of ether oxygens (including phenoxy) is 1. The molecular weight excluding hydrogens is 318 g/mol. The molecule has 2 aromatic carbocycles. The molecule has 0 aliphatic rings. The van der Waals surface area contributed by atoms with Gasteiger partial charge in [0.05, 0.1) is 0 Å². The van der Waals surface area contributed by atoms with E-state index in [0.29, 0.717) is 11.3 Å². The number of amides is 1. The molecule has 1 aromatic heterocycles. The van der Waals surface area contributed by atoms with Crippen molar-refractivity contribution in [3.63, 3.8) is 0 Å². The number of hydrogen-bond acceptors (Lipinski definition) is 4. The molecule has 0 atom stereocenters. The summed E-state index contributed by atoms with van der Waals surface area (Å²) in [5.41, 5.74) is 6.96. The number of nitrogens with one attached hydrogen (secondary N) is 1. The zero-order valence-corrected chi connectivity index (χ0v) is 12.3. The number of carbonyl (C=O) groups is 1. The topological polar surface area (TPSA) is 93.9 Å². The van der Waals surface area contributed by atoms with E-state index in [-0.39, 0.29) is 18.1 Å². The Labute approximate surface area is 135 Å². The molecular formula is C16H12F2N4O2. The Morgan fingerprint density at radius 1 is 1.12 bits per heavy atom. The summed E-state index contributed by atoms with van der Waals surface area (Å²) >= 11 is 0. The number of H-pyrrole nitrogens is 1. The maximum atomic E-state index is 13.5. The van der Waals surface area contributed by atoms with Crippen LogP contribution in [0.15, 0.2) is 42.5 Å². The van der Waals surface area contributed by atoms with Crippen molar-refractivity contribution in [2.75, 3.05) is 0 Å². The minimum atomic E-state index is -1.03. The first-order valence-electron chi connectivity index (χ1n) is 6.93. The van der Waals surface area contributed by atoms with E-state index in [1.54, 1.807) is 24.3 Å². The number of carbonyl (C=O) groups excluding carboxylic acids is 1. The number of benzene rings is 2. The van der Waals surface area contributed by atoms with Gasteiger partial charge in [-0.15, -0.1) is 0 Å². The Morgan fingerprint density at radius 3 is 2.58 bits per heavy atom. The lowest BCUT2D eigenvalue weighted by Crippen LogP contribution is -2.12. The van der Waals surface area contributed by atoms with E-state index in [0.717, 1.165) is 11.6 Å². The number of aromatic nitrogens is 3. The Bertz CT molecular complexity index is 878. The number of primary amides is 1. The molecule has 0 aliphatic heterocycles. The molecule has 1 amide bonds. The highest BCUT2D eigenvalue weighted by molar-refractivity contribution is 5.96. The molecule has 6 nitrogen and oxygen atoms in total. The molecule has 0 bridgehead atoms. The molecule has 0 radical (unpaired) electrons. The van der Waals surface area contributed by atoms with E-state index in [2.05, 4.69) is 15.4 Å². The lowest BCUT2D eigenvalue weighted by Gasteiger charge is -2.08. The first-order chi connectivity index (χ1) is 11.6. The van der Waals surface area contributed by atoms with Crippen LogP contribution in [0.5, 0.6) is 5.75 Å². The van der Waals surface area contributed by atoms with Crippen molar-refractivity contribution >= 4 is 5.91 Å². The maximum absolute atomic E-state index is 13.5. The first-order valence-corrected chi connectivity index (χ1v) is 6.93. The number of hydrogen-bond donors (Lipinski definition) is 2. The van der Waals surface area contributed by atoms with Gasteiger partial charge >= 0.3 is 0 Å². The van der Waals surface area contributed by atoms with Gasteiger partial charge in [-0.3, -0.25) is 4.79 Å². The molecule has 0 spiro atoms. The molecule has 3 N–H and O–H groups in total. The molecule has 122 valence electrons. The van der Waals surface area contributed by atoms with Gasteiger partial charge in [0.25, 0.3) is 5.91 Å². The van der Waals surface area contributed by atoms with Gasteiger partial charge in [0, 0.05) is 5.56 Å². The molecule has 1 heterocycles. The monoisotopic (exact) mass is 330 g/mol. The van der Waals surface area contributed by atoms with E-state index in [9.17, 15) is 13.6 Å². The quantitative estimate of drug-likeness (QED) is 0.751. The van der Waals surface area contributed by atoms with Crippen LogP contribution in [0.3, 0.4) is 0 Å². The van der Waals surface area contributed by atoms with Crippen LogP contribution in [-0.2, 0) is 6.61 Å². The second-order valence-electron chi connectivity index (χ2n) is 4.92. The SMILES string of the molecule is NC(=O)c1n[nH]nc1-c1ccc(COc2cccc(F)c2F)cc1. The Hall–Kier alpha value is -3.29. The second kappa shape index (κ2) is 6.45. The first kappa shape index (κ1) is 15.6. The number of rotatable bonds is 5. The molecule has 3 aromatic rings. The maximum Gasteiger partial charge on any atom is 0.271 e. The van der Waals surface area contributed by atoms with Gasteiger partial charge in [0.15, 0.2) is 17.3 Å². The Morgan fingerprint density at radius 2 is 1.88 bits per heavy atom. The van der Waals surface area contributed by atoms with Crippen LogP contribution >= 0.6 is 0 Å². The zero-order chi connectivity index (χ0) is 17.1. The van der Waals surface area contributed by atoms with Gasteiger partial charge in [0.1, 0.15) is 12.3 Å². The summed E-state index contributed by atoms with van der Waals surface area (Å²) in [5, 5.41) is 9.94. The normalized spacial score (nSPS) is 10.6. The van der Waals surface area contributed by atoms with Crippen LogP contribution in [0.25, 0.3) is 11.3 Å². The highest BCUT2D eigenvalue weighted by Crippen LogP contribution is 2.22. The van der Waals surface area contributed by atoms with Gasteiger partial charge in [0.2, 0.25) is 5.82 Å². The third-order valence-corrected chi connectivity index (χ3v) is 3.32. The molecule has 3 rings (SSSR count). The molecule has 0 unspecified atom stereocenters. The van der Waals surface area contributed by atoms with E-state index in [1.807, 2.05) is 0 Å². The summed E-state index contributed by atoms with van der Waals surface area (Å²) in [7, 11) is 0. The van der Waals surface area contributed by atoms with Crippen molar-refractivity contribution in [1.82, 2.24) is 15.4 Å².